The van der Waals surface area contributed by atoms with Crippen molar-refractivity contribution in [3.05, 3.63) is 24.2 Å². The molecule has 0 radical (unpaired) electrons. The van der Waals surface area contributed by atoms with Gasteiger partial charge in [0, 0.05) is 0 Å². The first kappa shape index (κ1) is 9.71. The first-order chi connectivity index (χ1) is 6.79. The SMILES string of the molecule is CCC1(CO)COC(c2ccco2)N1. The Labute approximate surface area is 82.9 Å². The van der Waals surface area contributed by atoms with Crippen molar-refractivity contribution in [2.45, 2.75) is 25.1 Å². The molecule has 4 heteroatoms. The minimum atomic E-state index is -0.308. The van der Waals surface area contributed by atoms with Crippen LogP contribution >= 0.6 is 0 Å². The average Bonchev–Trinajstić information content (AvgIpc) is 2.87. The van der Waals surface area contributed by atoms with Gasteiger partial charge in [0.2, 0.25) is 0 Å². The molecule has 1 saturated heterocycles. The topological polar surface area (TPSA) is 54.6 Å². The van der Waals surface area contributed by atoms with Crippen LogP contribution in [-0.4, -0.2) is 23.9 Å². The maximum Gasteiger partial charge on any atom is 0.167 e. The number of aliphatic hydroxyl groups excluding tert-OH is 1. The van der Waals surface area contributed by atoms with Crippen LogP contribution in [0.2, 0.25) is 0 Å². The second-order valence-corrected chi connectivity index (χ2v) is 3.64. The molecular formula is C10H15NO3. The van der Waals surface area contributed by atoms with Crippen molar-refractivity contribution >= 4 is 0 Å². The molecule has 2 heterocycles. The van der Waals surface area contributed by atoms with E-state index in [2.05, 4.69) is 5.32 Å². The fourth-order valence-electron chi connectivity index (χ4n) is 1.61. The van der Waals surface area contributed by atoms with Crippen LogP contribution in [0.15, 0.2) is 22.8 Å². The molecule has 1 aromatic rings. The number of nitrogens with one attached hydrogen (secondary N) is 1. The maximum absolute atomic E-state index is 9.26. The van der Waals surface area contributed by atoms with E-state index in [1.54, 1.807) is 6.26 Å². The first-order valence-electron chi connectivity index (χ1n) is 4.83. The zero-order valence-electron chi connectivity index (χ0n) is 8.19. The summed E-state index contributed by atoms with van der Waals surface area (Å²) in [5.74, 6) is 0.758. The molecule has 78 valence electrons. The van der Waals surface area contributed by atoms with Crippen LogP contribution in [0.4, 0.5) is 0 Å². The summed E-state index contributed by atoms with van der Waals surface area (Å²) in [5.41, 5.74) is -0.308. The zero-order valence-corrected chi connectivity index (χ0v) is 8.19. The van der Waals surface area contributed by atoms with Gasteiger partial charge in [-0.1, -0.05) is 6.92 Å². The number of ether oxygens (including phenoxy) is 1. The third-order valence-corrected chi connectivity index (χ3v) is 2.74. The van der Waals surface area contributed by atoms with Gasteiger partial charge in [0.15, 0.2) is 6.23 Å². The largest absolute Gasteiger partial charge is 0.465 e. The quantitative estimate of drug-likeness (QED) is 0.760. The van der Waals surface area contributed by atoms with Crippen LogP contribution in [0.5, 0.6) is 0 Å². The Balaban J connectivity index is 2.07. The van der Waals surface area contributed by atoms with E-state index in [1.165, 1.54) is 0 Å². The number of furan rings is 1. The molecule has 0 spiro atoms. The van der Waals surface area contributed by atoms with Gasteiger partial charge >= 0.3 is 0 Å². The van der Waals surface area contributed by atoms with Gasteiger partial charge < -0.3 is 14.3 Å². The molecule has 2 N–H and O–H groups in total. The molecule has 14 heavy (non-hydrogen) atoms. The van der Waals surface area contributed by atoms with Gasteiger partial charge in [-0.25, -0.2) is 0 Å². The van der Waals surface area contributed by atoms with E-state index in [-0.39, 0.29) is 18.4 Å². The highest BCUT2D eigenvalue weighted by Gasteiger charge is 2.39. The molecule has 1 aromatic heterocycles. The lowest BCUT2D eigenvalue weighted by Gasteiger charge is -2.23. The summed E-state index contributed by atoms with van der Waals surface area (Å²) in [6, 6.07) is 3.69. The third-order valence-electron chi connectivity index (χ3n) is 2.74. The Bertz CT molecular complexity index is 280. The van der Waals surface area contributed by atoms with Crippen molar-refractivity contribution in [2.24, 2.45) is 0 Å². The Kier molecular flexibility index (Phi) is 2.58. The van der Waals surface area contributed by atoms with Crippen molar-refractivity contribution in [2.75, 3.05) is 13.2 Å². The Morgan fingerprint density at radius 1 is 1.71 bits per heavy atom. The highest BCUT2D eigenvalue weighted by molar-refractivity contribution is 5.06. The predicted octanol–water partition coefficient (Wildman–Crippen LogP) is 1.04. The van der Waals surface area contributed by atoms with Crippen molar-refractivity contribution < 1.29 is 14.3 Å². The van der Waals surface area contributed by atoms with Gasteiger partial charge in [-0.15, -0.1) is 0 Å². The lowest BCUT2D eigenvalue weighted by atomic mass is 10.00. The van der Waals surface area contributed by atoms with Crippen molar-refractivity contribution in [1.29, 1.82) is 0 Å². The first-order valence-corrected chi connectivity index (χ1v) is 4.83. The van der Waals surface area contributed by atoms with E-state index in [0.717, 1.165) is 12.2 Å². The molecule has 1 aliphatic rings. The van der Waals surface area contributed by atoms with E-state index in [4.69, 9.17) is 9.15 Å². The molecule has 0 saturated carbocycles. The third kappa shape index (κ3) is 1.56. The molecular weight excluding hydrogens is 182 g/mol. The summed E-state index contributed by atoms with van der Waals surface area (Å²) >= 11 is 0. The van der Waals surface area contributed by atoms with Crippen LogP contribution in [0, 0.1) is 0 Å². The van der Waals surface area contributed by atoms with Crippen molar-refractivity contribution in [3.63, 3.8) is 0 Å². The van der Waals surface area contributed by atoms with Gasteiger partial charge in [-0.2, -0.15) is 0 Å². The highest BCUT2D eigenvalue weighted by Crippen LogP contribution is 2.28. The zero-order chi connectivity index (χ0) is 10.0. The number of rotatable bonds is 3. The Morgan fingerprint density at radius 3 is 3.07 bits per heavy atom. The van der Waals surface area contributed by atoms with E-state index in [9.17, 15) is 5.11 Å². The molecule has 0 amide bonds. The fraction of sp³-hybridized carbons (Fsp3) is 0.600. The predicted molar refractivity (Wildman–Crippen MR) is 50.6 cm³/mol. The average molecular weight is 197 g/mol. The molecule has 0 bridgehead atoms. The van der Waals surface area contributed by atoms with Gasteiger partial charge in [0.1, 0.15) is 5.76 Å². The van der Waals surface area contributed by atoms with Gasteiger partial charge in [-0.05, 0) is 18.6 Å². The molecule has 4 nitrogen and oxygen atoms in total. The summed E-state index contributed by atoms with van der Waals surface area (Å²) in [4.78, 5) is 0. The molecule has 1 aliphatic heterocycles. The van der Waals surface area contributed by atoms with Crippen LogP contribution < -0.4 is 5.32 Å². The second kappa shape index (κ2) is 3.73. The minimum Gasteiger partial charge on any atom is -0.465 e. The molecule has 2 rings (SSSR count). The maximum atomic E-state index is 9.26. The van der Waals surface area contributed by atoms with Gasteiger partial charge in [0.25, 0.3) is 0 Å². The van der Waals surface area contributed by atoms with E-state index >= 15 is 0 Å². The number of hydrogen-bond acceptors (Lipinski definition) is 4. The monoisotopic (exact) mass is 197 g/mol. The minimum absolute atomic E-state index is 0.0840. The summed E-state index contributed by atoms with van der Waals surface area (Å²) in [5, 5.41) is 12.5. The Hall–Kier alpha value is -0.840. The van der Waals surface area contributed by atoms with E-state index in [1.807, 2.05) is 19.1 Å². The van der Waals surface area contributed by atoms with Crippen molar-refractivity contribution in [1.82, 2.24) is 5.32 Å². The van der Waals surface area contributed by atoms with E-state index in [0.29, 0.717) is 6.61 Å². The van der Waals surface area contributed by atoms with Gasteiger partial charge in [0.05, 0.1) is 25.0 Å². The lowest BCUT2D eigenvalue weighted by Crippen LogP contribution is -2.45. The fourth-order valence-corrected chi connectivity index (χ4v) is 1.61. The normalized spacial score (nSPS) is 32.3. The van der Waals surface area contributed by atoms with Crippen LogP contribution in [0.3, 0.4) is 0 Å². The summed E-state index contributed by atoms with van der Waals surface area (Å²) < 4.78 is 10.8. The highest BCUT2D eigenvalue weighted by atomic mass is 16.5. The van der Waals surface area contributed by atoms with E-state index < -0.39 is 0 Å². The molecule has 1 fully saturated rings. The smallest absolute Gasteiger partial charge is 0.167 e. The standard InChI is InChI=1S/C10H15NO3/c1-2-10(6-12)7-14-9(11-10)8-4-3-5-13-8/h3-5,9,11-12H,2,6-7H2,1H3. The van der Waals surface area contributed by atoms with Crippen LogP contribution in [-0.2, 0) is 4.74 Å². The van der Waals surface area contributed by atoms with Crippen molar-refractivity contribution in [3.8, 4) is 0 Å². The molecule has 2 unspecified atom stereocenters. The summed E-state index contributed by atoms with van der Waals surface area (Å²) in [7, 11) is 0. The summed E-state index contributed by atoms with van der Waals surface area (Å²) in [6.07, 6.45) is 2.23. The number of hydrogen-bond donors (Lipinski definition) is 2. The second-order valence-electron chi connectivity index (χ2n) is 3.64. The van der Waals surface area contributed by atoms with Gasteiger partial charge in [-0.3, -0.25) is 5.32 Å². The molecule has 0 aliphatic carbocycles. The number of aliphatic hydroxyl groups is 1. The molecule has 2 atom stereocenters. The molecule has 0 aromatic carbocycles. The Morgan fingerprint density at radius 2 is 2.57 bits per heavy atom. The summed E-state index contributed by atoms with van der Waals surface area (Å²) in [6.45, 7) is 2.63. The van der Waals surface area contributed by atoms with Crippen LogP contribution in [0.25, 0.3) is 0 Å². The van der Waals surface area contributed by atoms with Crippen LogP contribution in [0.1, 0.15) is 25.3 Å². The lowest BCUT2D eigenvalue weighted by molar-refractivity contribution is 0.0771.